The first kappa shape index (κ1) is 32.7. The second-order valence-corrected chi connectivity index (χ2v) is 10.1. The Morgan fingerprint density at radius 1 is 0.917 bits per heavy atom. The summed E-state index contributed by atoms with van der Waals surface area (Å²) in [6, 6.07) is -2.65. The van der Waals surface area contributed by atoms with Gasteiger partial charge in [-0.05, 0) is 60.8 Å². The first-order chi connectivity index (χ1) is 16.4. The molecule has 0 aliphatic carbocycles. The zero-order valence-corrected chi connectivity index (χ0v) is 21.7. The highest BCUT2D eigenvalue weighted by Crippen LogP contribution is 2.18. The van der Waals surface area contributed by atoms with Crippen LogP contribution in [-0.4, -0.2) is 92.7 Å². The van der Waals surface area contributed by atoms with Crippen molar-refractivity contribution in [2.24, 2.45) is 0 Å². The van der Waals surface area contributed by atoms with Crippen molar-refractivity contribution in [3.8, 4) is 0 Å². The fourth-order valence-electron chi connectivity index (χ4n) is 2.83. The Morgan fingerprint density at radius 3 is 1.67 bits per heavy atom. The monoisotopic (exact) mass is 517 g/mol. The maximum absolute atomic E-state index is 11.6. The highest BCUT2D eigenvalue weighted by molar-refractivity contribution is 5.80. The van der Waals surface area contributed by atoms with Crippen LogP contribution in [0, 0.1) is 0 Å². The summed E-state index contributed by atoms with van der Waals surface area (Å²) in [4.78, 5) is 57.1. The van der Waals surface area contributed by atoms with Crippen molar-refractivity contribution in [3.63, 3.8) is 0 Å². The van der Waals surface area contributed by atoms with Gasteiger partial charge in [0.15, 0.2) is 0 Å². The lowest BCUT2D eigenvalue weighted by atomic mass is 10.0. The Morgan fingerprint density at radius 2 is 1.36 bits per heavy atom. The predicted molar refractivity (Wildman–Crippen MR) is 129 cm³/mol. The molecule has 1 heterocycles. The molecule has 0 aromatic heterocycles. The molecule has 3 atom stereocenters. The maximum Gasteiger partial charge on any atom is 0.408 e. The van der Waals surface area contributed by atoms with Gasteiger partial charge in [-0.3, -0.25) is 9.69 Å². The first-order valence-electron chi connectivity index (χ1n) is 11.4. The van der Waals surface area contributed by atoms with Gasteiger partial charge in [-0.2, -0.15) is 0 Å². The number of nitrogens with one attached hydrogen (secondary N) is 2. The minimum atomic E-state index is -1.17. The molecule has 1 aliphatic rings. The van der Waals surface area contributed by atoms with Crippen LogP contribution >= 0.6 is 0 Å². The minimum absolute atomic E-state index is 0.123. The third-order valence-corrected chi connectivity index (χ3v) is 4.50. The van der Waals surface area contributed by atoms with Gasteiger partial charge in [0.2, 0.25) is 0 Å². The van der Waals surface area contributed by atoms with Crippen LogP contribution in [0.4, 0.5) is 9.59 Å². The summed E-state index contributed by atoms with van der Waals surface area (Å²) in [5.74, 6) is -3.19. The fraction of sp³-hybridized carbons (Fsp3) is 0.696. The normalized spacial score (nSPS) is 17.1. The van der Waals surface area contributed by atoms with Crippen molar-refractivity contribution < 1.29 is 48.8 Å². The molecule has 1 aliphatic heterocycles. The largest absolute Gasteiger partial charge is 0.480 e. The maximum atomic E-state index is 11.6. The summed E-state index contributed by atoms with van der Waals surface area (Å²) in [7, 11) is 0. The molecule has 5 N–H and O–H groups in total. The lowest BCUT2D eigenvalue weighted by Crippen LogP contribution is -2.54. The lowest BCUT2D eigenvalue weighted by Gasteiger charge is -2.38. The van der Waals surface area contributed by atoms with Crippen molar-refractivity contribution in [3.05, 3.63) is 12.7 Å². The highest BCUT2D eigenvalue weighted by atomic mass is 16.6. The average molecular weight is 518 g/mol. The molecular formula is C23H39N3O10. The molecule has 2 amide bonds. The Bertz CT molecular complexity index is 801. The number of aliphatic carboxylic acids is 3. The lowest BCUT2D eigenvalue weighted by molar-refractivity contribution is -0.148. The Labute approximate surface area is 210 Å². The summed E-state index contributed by atoms with van der Waals surface area (Å²) >= 11 is 0. The van der Waals surface area contributed by atoms with Crippen LogP contribution in [0.3, 0.4) is 0 Å². The summed E-state index contributed by atoms with van der Waals surface area (Å²) in [6.07, 6.45) is 0.736. The Balaban J connectivity index is 0.000000723. The molecule has 0 saturated carbocycles. The van der Waals surface area contributed by atoms with Gasteiger partial charge in [0.25, 0.3) is 0 Å². The van der Waals surface area contributed by atoms with E-state index in [1.165, 1.54) is 6.08 Å². The van der Waals surface area contributed by atoms with E-state index in [1.54, 1.807) is 46.4 Å². The molecular weight excluding hydrogens is 478 g/mol. The van der Waals surface area contributed by atoms with Gasteiger partial charge in [-0.1, -0.05) is 6.08 Å². The molecule has 1 rings (SSSR count). The number of amides is 2. The van der Waals surface area contributed by atoms with Gasteiger partial charge in [-0.15, -0.1) is 6.58 Å². The summed E-state index contributed by atoms with van der Waals surface area (Å²) in [5.41, 5.74) is -1.35. The molecule has 206 valence electrons. The van der Waals surface area contributed by atoms with Gasteiger partial charge in [-0.25, -0.2) is 19.2 Å². The average Bonchev–Trinajstić information content (AvgIpc) is 2.62. The van der Waals surface area contributed by atoms with Crippen LogP contribution in [0.15, 0.2) is 12.7 Å². The standard InChI is InChI=1S/C13H22N2O6.C10H17NO4/c1-13(2,3)21-12(20)14-8(10(16)17)4-6-15-7-5-9(15)11(18)19;1-5-6-7(8(12)13)11-9(14)15-10(2,3)4/h8-9H,4-7H2,1-3H3,(H,14,20)(H,16,17)(H,18,19);5,7H,1,6H2,2-4H3,(H,11,14)(H,12,13)/t8-,9-;7-/m00/s1. The molecule has 0 radical (unpaired) electrons. The van der Waals surface area contributed by atoms with Crippen LogP contribution in [0.2, 0.25) is 0 Å². The molecule has 0 unspecified atom stereocenters. The fourth-order valence-corrected chi connectivity index (χ4v) is 2.83. The Hall–Kier alpha value is -3.35. The molecule has 1 fully saturated rings. The molecule has 0 aromatic carbocycles. The smallest absolute Gasteiger partial charge is 0.408 e. The highest BCUT2D eigenvalue weighted by Gasteiger charge is 2.35. The molecule has 0 spiro atoms. The molecule has 36 heavy (non-hydrogen) atoms. The van der Waals surface area contributed by atoms with E-state index in [9.17, 15) is 24.0 Å². The van der Waals surface area contributed by atoms with Crippen molar-refractivity contribution in [2.75, 3.05) is 13.1 Å². The number of hydrogen-bond donors (Lipinski definition) is 5. The van der Waals surface area contributed by atoms with Crippen molar-refractivity contribution >= 4 is 30.1 Å². The summed E-state index contributed by atoms with van der Waals surface area (Å²) in [6.45, 7) is 14.5. The second-order valence-electron chi connectivity index (χ2n) is 10.1. The third-order valence-electron chi connectivity index (χ3n) is 4.50. The van der Waals surface area contributed by atoms with Gasteiger partial charge in [0.05, 0.1) is 0 Å². The summed E-state index contributed by atoms with van der Waals surface area (Å²) in [5, 5.41) is 31.3. The zero-order chi connectivity index (χ0) is 28.3. The van der Waals surface area contributed by atoms with Gasteiger partial charge < -0.3 is 35.4 Å². The van der Waals surface area contributed by atoms with E-state index in [0.717, 1.165) is 0 Å². The number of carbonyl (C=O) groups excluding carboxylic acids is 2. The third kappa shape index (κ3) is 14.1. The van der Waals surface area contributed by atoms with E-state index >= 15 is 0 Å². The van der Waals surface area contributed by atoms with Crippen molar-refractivity contribution in [2.45, 2.75) is 90.1 Å². The van der Waals surface area contributed by atoms with E-state index in [0.29, 0.717) is 19.5 Å². The topological polar surface area (TPSA) is 192 Å². The van der Waals surface area contributed by atoms with Gasteiger partial charge >= 0.3 is 30.1 Å². The number of nitrogens with zero attached hydrogens (tertiary/aromatic N) is 1. The van der Waals surface area contributed by atoms with Crippen molar-refractivity contribution in [1.82, 2.24) is 15.5 Å². The van der Waals surface area contributed by atoms with Crippen LogP contribution in [0.25, 0.3) is 0 Å². The Kier molecular flexibility index (Phi) is 12.9. The number of carbonyl (C=O) groups is 5. The van der Waals surface area contributed by atoms with E-state index in [-0.39, 0.29) is 12.8 Å². The molecule has 13 nitrogen and oxygen atoms in total. The predicted octanol–water partition coefficient (Wildman–Crippen LogP) is 2.05. The van der Waals surface area contributed by atoms with E-state index < -0.39 is 59.4 Å². The van der Waals surface area contributed by atoms with Crippen LogP contribution < -0.4 is 10.6 Å². The first-order valence-corrected chi connectivity index (χ1v) is 11.4. The SMILES string of the molecule is C=CC[C@H](NC(=O)OC(C)(C)C)C(=O)O.CC(C)(C)OC(=O)N[C@@H](CCN1CC[C@H]1C(=O)O)C(=O)O. The quantitative estimate of drug-likeness (QED) is 0.266. The van der Waals surface area contributed by atoms with Gasteiger partial charge in [0.1, 0.15) is 29.3 Å². The number of rotatable bonds is 10. The van der Waals surface area contributed by atoms with Crippen LogP contribution in [0.5, 0.6) is 0 Å². The molecule has 0 bridgehead atoms. The van der Waals surface area contributed by atoms with E-state index in [4.69, 9.17) is 24.8 Å². The molecule has 0 aromatic rings. The second kappa shape index (κ2) is 14.3. The van der Waals surface area contributed by atoms with E-state index in [2.05, 4.69) is 17.2 Å². The van der Waals surface area contributed by atoms with Crippen LogP contribution in [0.1, 0.15) is 60.8 Å². The van der Waals surface area contributed by atoms with Crippen molar-refractivity contribution in [1.29, 1.82) is 0 Å². The molecule has 13 heteroatoms. The summed E-state index contributed by atoms with van der Waals surface area (Å²) < 4.78 is 9.92. The number of hydrogen-bond acceptors (Lipinski definition) is 8. The number of carboxylic acid groups (broad SMARTS) is 3. The number of carboxylic acids is 3. The number of alkyl carbamates (subject to hydrolysis) is 2. The zero-order valence-electron chi connectivity index (χ0n) is 21.7. The van der Waals surface area contributed by atoms with Gasteiger partial charge in [0, 0.05) is 13.1 Å². The van der Waals surface area contributed by atoms with Crippen LogP contribution in [-0.2, 0) is 23.9 Å². The minimum Gasteiger partial charge on any atom is -0.480 e. The number of ether oxygens (including phenoxy) is 2. The van der Waals surface area contributed by atoms with E-state index in [1.807, 2.05) is 0 Å². The number of likely N-dealkylation sites (tertiary alicyclic amines) is 1. The molecule has 1 saturated heterocycles.